The van der Waals surface area contributed by atoms with Gasteiger partial charge in [-0.25, -0.2) is 0 Å². The summed E-state index contributed by atoms with van der Waals surface area (Å²) in [5.74, 6) is 0.357. The second kappa shape index (κ2) is 14.3. The van der Waals surface area contributed by atoms with Crippen LogP contribution in [0.25, 0.3) is 0 Å². The van der Waals surface area contributed by atoms with Gasteiger partial charge in [0.2, 0.25) is 0 Å². The Hall–Kier alpha value is -2.14. The minimum atomic E-state index is -4.28. The van der Waals surface area contributed by atoms with E-state index in [9.17, 15) is 25.9 Å². The highest BCUT2D eigenvalue weighted by molar-refractivity contribution is 7.86. The summed E-state index contributed by atoms with van der Waals surface area (Å²) in [7, 11) is -8.57. The van der Waals surface area contributed by atoms with E-state index < -0.39 is 20.2 Å². The zero-order chi connectivity index (χ0) is 24.9. The number of hydrogen-bond acceptors (Lipinski definition) is 6. The van der Waals surface area contributed by atoms with Crippen LogP contribution in [0.1, 0.15) is 64.2 Å². The van der Waals surface area contributed by atoms with Crippen LogP contribution >= 0.6 is 0 Å². The maximum Gasteiger partial charge on any atom is 0.298 e. The van der Waals surface area contributed by atoms with Crippen molar-refractivity contribution in [2.75, 3.05) is 13.2 Å². The lowest BCUT2D eigenvalue weighted by molar-refractivity contribution is 0.294. The molecule has 0 aliphatic carbocycles. The van der Waals surface area contributed by atoms with E-state index >= 15 is 0 Å². The summed E-state index contributed by atoms with van der Waals surface area (Å²) >= 11 is 0. The molecule has 0 spiro atoms. The average molecular weight is 515 g/mol. The fourth-order valence-corrected chi connectivity index (χ4v) is 4.81. The molecular weight excluding hydrogens is 480 g/mol. The van der Waals surface area contributed by atoms with Gasteiger partial charge < -0.3 is 9.47 Å². The van der Waals surface area contributed by atoms with Crippen LogP contribution in [0.2, 0.25) is 0 Å². The lowest BCUT2D eigenvalue weighted by Gasteiger charge is -2.09. The van der Waals surface area contributed by atoms with E-state index in [0.29, 0.717) is 13.2 Å². The number of para-hydroxylation sites is 2. The summed E-state index contributed by atoms with van der Waals surface area (Å²) in [6.45, 7) is 0.812. The van der Waals surface area contributed by atoms with E-state index in [1.54, 1.807) is 12.1 Å². The maximum atomic E-state index is 11.3. The van der Waals surface area contributed by atoms with Crippen molar-refractivity contribution in [1.29, 1.82) is 0 Å². The lowest BCUT2D eigenvalue weighted by atomic mass is 10.1. The Morgan fingerprint density at radius 3 is 1.12 bits per heavy atom. The van der Waals surface area contributed by atoms with Gasteiger partial charge >= 0.3 is 0 Å². The number of hydrogen-bond donors (Lipinski definition) is 2. The van der Waals surface area contributed by atoms with E-state index in [-0.39, 0.29) is 21.3 Å². The van der Waals surface area contributed by atoms with Gasteiger partial charge in [0, 0.05) is 0 Å². The molecule has 0 saturated heterocycles. The van der Waals surface area contributed by atoms with Crippen LogP contribution in [0.3, 0.4) is 0 Å². The first-order valence-electron chi connectivity index (χ1n) is 11.6. The third-order valence-corrected chi connectivity index (χ3v) is 7.09. The Kier molecular flexibility index (Phi) is 11.8. The zero-order valence-corrected chi connectivity index (χ0v) is 20.9. The Morgan fingerprint density at radius 2 is 0.794 bits per heavy atom. The van der Waals surface area contributed by atoms with Gasteiger partial charge in [-0.3, -0.25) is 9.11 Å². The highest BCUT2D eigenvalue weighted by atomic mass is 32.2. The average Bonchev–Trinajstić information content (AvgIpc) is 2.78. The molecule has 190 valence electrons. The van der Waals surface area contributed by atoms with Crippen LogP contribution in [0.15, 0.2) is 58.3 Å². The first-order chi connectivity index (χ1) is 16.2. The van der Waals surface area contributed by atoms with Gasteiger partial charge in [0.05, 0.1) is 13.2 Å². The maximum absolute atomic E-state index is 11.3. The topological polar surface area (TPSA) is 127 Å². The smallest absolute Gasteiger partial charge is 0.298 e. The van der Waals surface area contributed by atoms with Crippen molar-refractivity contribution in [3.05, 3.63) is 48.5 Å². The second-order valence-electron chi connectivity index (χ2n) is 8.08. The van der Waals surface area contributed by atoms with Crippen LogP contribution in [0.4, 0.5) is 0 Å². The fourth-order valence-electron chi connectivity index (χ4n) is 3.55. The monoisotopic (exact) mass is 514 g/mol. The largest absolute Gasteiger partial charge is 0.492 e. The quantitative estimate of drug-likeness (QED) is 0.208. The molecule has 0 heterocycles. The van der Waals surface area contributed by atoms with Gasteiger partial charge in [-0.2, -0.15) is 16.8 Å². The van der Waals surface area contributed by atoms with Crippen molar-refractivity contribution in [2.24, 2.45) is 0 Å². The Balaban J connectivity index is 1.45. The van der Waals surface area contributed by atoms with Crippen LogP contribution < -0.4 is 9.47 Å². The lowest BCUT2D eigenvalue weighted by Crippen LogP contribution is -2.04. The molecule has 0 saturated carbocycles. The van der Waals surface area contributed by atoms with Crippen LogP contribution in [-0.4, -0.2) is 39.2 Å². The van der Waals surface area contributed by atoms with Crippen molar-refractivity contribution < 1.29 is 35.4 Å². The van der Waals surface area contributed by atoms with Crippen molar-refractivity contribution in [3.8, 4) is 11.5 Å². The molecule has 0 fully saturated rings. The molecule has 2 N–H and O–H groups in total. The first kappa shape index (κ1) is 28.1. The summed E-state index contributed by atoms with van der Waals surface area (Å²) < 4.78 is 74.8. The molecule has 0 aliphatic rings. The summed E-state index contributed by atoms with van der Waals surface area (Å²) in [4.78, 5) is -0.408. The predicted octanol–water partition coefficient (Wildman–Crippen LogP) is 5.54. The fraction of sp³-hybridized carbons (Fsp3) is 0.500. The molecule has 0 unspecified atom stereocenters. The van der Waals surface area contributed by atoms with Crippen molar-refractivity contribution >= 4 is 20.2 Å². The normalized spacial score (nSPS) is 11.9. The zero-order valence-electron chi connectivity index (χ0n) is 19.3. The van der Waals surface area contributed by atoms with Crippen LogP contribution in [0.5, 0.6) is 11.5 Å². The summed E-state index contributed by atoms with van der Waals surface area (Å²) in [5.41, 5.74) is 0. The first-order valence-corrected chi connectivity index (χ1v) is 14.5. The molecule has 8 nitrogen and oxygen atoms in total. The van der Waals surface area contributed by atoms with E-state index in [1.807, 2.05) is 0 Å². The minimum Gasteiger partial charge on any atom is -0.492 e. The molecule has 0 radical (unpaired) electrons. The summed E-state index contributed by atoms with van der Waals surface area (Å²) in [6.07, 6.45) is 10.4. The third-order valence-electron chi connectivity index (χ3n) is 5.31. The highest BCUT2D eigenvalue weighted by Gasteiger charge is 2.16. The van der Waals surface area contributed by atoms with Crippen molar-refractivity contribution in [2.45, 2.75) is 74.0 Å². The Labute approximate surface area is 202 Å². The van der Waals surface area contributed by atoms with Gasteiger partial charge in [-0.1, -0.05) is 75.6 Å². The third kappa shape index (κ3) is 10.4. The molecule has 0 aliphatic heterocycles. The van der Waals surface area contributed by atoms with Crippen LogP contribution in [-0.2, 0) is 20.2 Å². The molecule has 0 aromatic heterocycles. The molecule has 2 aromatic rings. The second-order valence-corrected chi connectivity index (χ2v) is 10.9. The highest BCUT2D eigenvalue weighted by Crippen LogP contribution is 2.24. The van der Waals surface area contributed by atoms with E-state index in [2.05, 4.69) is 0 Å². The minimum absolute atomic E-state index is 0.179. The van der Waals surface area contributed by atoms with E-state index in [1.165, 1.54) is 36.4 Å². The Morgan fingerprint density at radius 1 is 0.500 bits per heavy atom. The summed E-state index contributed by atoms with van der Waals surface area (Å²) in [5, 5.41) is 0. The SMILES string of the molecule is O=S(=O)(O)c1ccccc1OCCCCCCCCCCCCOc1ccccc1S(=O)(=O)O. The molecular formula is C24H34O8S2. The van der Waals surface area contributed by atoms with Gasteiger partial charge in [0.25, 0.3) is 20.2 Å². The molecule has 0 atom stereocenters. The van der Waals surface area contributed by atoms with Gasteiger partial charge in [-0.15, -0.1) is 0 Å². The molecule has 10 heteroatoms. The predicted molar refractivity (Wildman–Crippen MR) is 130 cm³/mol. The molecule has 0 bridgehead atoms. The van der Waals surface area contributed by atoms with Gasteiger partial charge in [0.1, 0.15) is 21.3 Å². The standard InChI is InChI=1S/C24H34O8S2/c25-33(26,27)23-17-11-9-15-21(23)31-19-13-7-5-3-1-2-4-6-8-14-20-32-22-16-10-12-18-24(22)34(28,29)30/h9-12,15-18H,1-8,13-14,19-20H2,(H,25,26,27)(H,28,29,30). The van der Waals surface area contributed by atoms with Gasteiger partial charge in [-0.05, 0) is 37.1 Å². The van der Waals surface area contributed by atoms with E-state index in [4.69, 9.17) is 9.47 Å². The summed E-state index contributed by atoms with van der Waals surface area (Å²) in [6, 6.07) is 12.1. The molecule has 2 rings (SSSR count). The molecule has 34 heavy (non-hydrogen) atoms. The van der Waals surface area contributed by atoms with Crippen LogP contribution in [0, 0.1) is 0 Å². The Bertz CT molecular complexity index is 994. The molecule has 2 aromatic carbocycles. The number of benzene rings is 2. The molecule has 0 amide bonds. The van der Waals surface area contributed by atoms with Crippen molar-refractivity contribution in [3.63, 3.8) is 0 Å². The number of unbranched alkanes of at least 4 members (excludes halogenated alkanes) is 9. The number of ether oxygens (including phenoxy) is 2. The van der Waals surface area contributed by atoms with E-state index in [0.717, 1.165) is 64.2 Å². The van der Waals surface area contributed by atoms with Gasteiger partial charge in [0.15, 0.2) is 0 Å². The number of rotatable bonds is 17. The van der Waals surface area contributed by atoms with Crippen molar-refractivity contribution in [1.82, 2.24) is 0 Å².